The molecule has 1 amide bonds. The number of benzene rings is 2. The highest BCUT2D eigenvalue weighted by atomic mass is 35.5. The van der Waals surface area contributed by atoms with Crippen LogP contribution in [-0.2, 0) is 15.3 Å². The molecule has 5 fully saturated rings. The zero-order chi connectivity index (χ0) is 21.4. The molecule has 166 valence electrons. The van der Waals surface area contributed by atoms with Crippen molar-refractivity contribution in [2.45, 2.75) is 56.2 Å². The van der Waals surface area contributed by atoms with Crippen LogP contribution in [0.4, 0.5) is 0 Å². The van der Waals surface area contributed by atoms with Gasteiger partial charge in [-0.05, 0) is 61.1 Å². The van der Waals surface area contributed by atoms with Crippen LogP contribution < -0.4 is 0 Å². The van der Waals surface area contributed by atoms with Crippen molar-refractivity contribution in [2.24, 2.45) is 29.6 Å². The molecule has 0 N–H and O–H groups in total. The first-order valence-corrected chi connectivity index (χ1v) is 12.8. The van der Waals surface area contributed by atoms with Crippen molar-refractivity contribution in [3.63, 3.8) is 0 Å². The van der Waals surface area contributed by atoms with Gasteiger partial charge in [0.15, 0.2) is 5.72 Å². The fraction of sp³-hybridized carbons (Fsp3) is 0.536. The number of nitrogens with zero attached hydrogens (tertiary/aromatic N) is 1. The molecule has 0 radical (unpaired) electrons. The first-order chi connectivity index (χ1) is 15.7. The molecule has 2 aromatic carbocycles. The Morgan fingerprint density at radius 3 is 2.50 bits per heavy atom. The highest BCUT2D eigenvalue weighted by Gasteiger charge is 2.69. The van der Waals surface area contributed by atoms with Crippen LogP contribution in [0.5, 0.6) is 0 Å². The normalized spacial score (nSPS) is 42.0. The standard InChI is InChI=1S/C28H30ClNO2/c29-20-12-10-19(11-13-20)28-25-9-5-4-8-21(25)27(31)30(28)26-18-14-22(17-6-2-1-3-7-17)23(15-18)24(26)16-32-28/h1-3,6-7,10-13,18,21-26H,4-5,8-9,14-16H2/t18-,21?,22+,23-,24+,25?,26-,28?/m0/s1. The van der Waals surface area contributed by atoms with Crippen molar-refractivity contribution in [1.29, 1.82) is 0 Å². The number of hydrogen-bond acceptors (Lipinski definition) is 2. The Bertz CT molecular complexity index is 1040. The van der Waals surface area contributed by atoms with Crippen molar-refractivity contribution in [3.8, 4) is 0 Å². The molecule has 2 aromatic rings. The van der Waals surface area contributed by atoms with Crippen LogP contribution in [0.3, 0.4) is 0 Å². The lowest BCUT2D eigenvalue weighted by Crippen LogP contribution is -2.62. The maximum absolute atomic E-state index is 14.0. The summed E-state index contributed by atoms with van der Waals surface area (Å²) in [7, 11) is 0. The lowest BCUT2D eigenvalue weighted by molar-refractivity contribution is -0.243. The Labute approximate surface area is 195 Å². The zero-order valence-electron chi connectivity index (χ0n) is 18.3. The number of fused-ring (bicyclic) bond motifs is 9. The van der Waals surface area contributed by atoms with Crippen LogP contribution in [-0.4, -0.2) is 23.5 Å². The first-order valence-electron chi connectivity index (χ1n) is 12.5. The van der Waals surface area contributed by atoms with Crippen LogP contribution >= 0.6 is 11.6 Å². The summed E-state index contributed by atoms with van der Waals surface area (Å²) in [4.78, 5) is 16.3. The summed E-state index contributed by atoms with van der Waals surface area (Å²) in [5, 5.41) is 0.737. The Kier molecular flexibility index (Phi) is 4.34. The predicted molar refractivity (Wildman–Crippen MR) is 124 cm³/mol. The van der Waals surface area contributed by atoms with E-state index in [9.17, 15) is 4.79 Å². The zero-order valence-corrected chi connectivity index (χ0v) is 19.1. The van der Waals surface area contributed by atoms with E-state index < -0.39 is 5.72 Å². The van der Waals surface area contributed by atoms with Crippen molar-refractivity contribution >= 4 is 17.5 Å². The smallest absolute Gasteiger partial charge is 0.228 e. The molecule has 2 aliphatic heterocycles. The van der Waals surface area contributed by atoms with E-state index in [1.807, 2.05) is 12.1 Å². The van der Waals surface area contributed by atoms with Crippen molar-refractivity contribution in [2.75, 3.05) is 6.61 Å². The second kappa shape index (κ2) is 7.08. The molecule has 5 aliphatic rings. The lowest BCUT2D eigenvalue weighted by Gasteiger charge is -2.54. The Hall–Kier alpha value is -1.84. The highest BCUT2D eigenvalue weighted by Crippen LogP contribution is 2.65. The molecular weight excluding hydrogens is 418 g/mol. The van der Waals surface area contributed by atoms with Gasteiger partial charge in [-0.15, -0.1) is 0 Å². The van der Waals surface area contributed by atoms with Gasteiger partial charge in [-0.3, -0.25) is 4.79 Å². The third-order valence-corrected chi connectivity index (χ3v) is 9.83. The van der Waals surface area contributed by atoms with Gasteiger partial charge < -0.3 is 9.64 Å². The van der Waals surface area contributed by atoms with Gasteiger partial charge in [0.1, 0.15) is 0 Å². The Morgan fingerprint density at radius 2 is 1.69 bits per heavy atom. The molecule has 2 bridgehead atoms. The minimum absolute atomic E-state index is 0.113. The summed E-state index contributed by atoms with van der Waals surface area (Å²) in [5.74, 6) is 2.98. The van der Waals surface area contributed by atoms with Crippen molar-refractivity contribution in [3.05, 3.63) is 70.7 Å². The molecule has 0 spiro atoms. The summed E-state index contributed by atoms with van der Waals surface area (Å²) in [5.41, 5.74) is 2.00. The van der Waals surface area contributed by atoms with E-state index in [2.05, 4.69) is 47.4 Å². The minimum Gasteiger partial charge on any atom is -0.350 e. The molecule has 2 saturated heterocycles. The number of halogens is 1. The van der Waals surface area contributed by atoms with Crippen LogP contribution in [0, 0.1) is 29.6 Å². The average molecular weight is 448 g/mol. The van der Waals surface area contributed by atoms with E-state index in [4.69, 9.17) is 16.3 Å². The summed E-state index contributed by atoms with van der Waals surface area (Å²) < 4.78 is 6.97. The molecule has 3 nitrogen and oxygen atoms in total. The maximum atomic E-state index is 14.0. The molecule has 3 aliphatic carbocycles. The van der Waals surface area contributed by atoms with E-state index in [1.165, 1.54) is 24.8 Å². The number of hydrogen-bond donors (Lipinski definition) is 0. The van der Waals surface area contributed by atoms with E-state index >= 15 is 0 Å². The first kappa shape index (κ1) is 19.6. The summed E-state index contributed by atoms with van der Waals surface area (Å²) in [6.45, 7) is 0.769. The summed E-state index contributed by atoms with van der Waals surface area (Å²) >= 11 is 6.25. The van der Waals surface area contributed by atoms with Crippen molar-refractivity contribution in [1.82, 2.24) is 4.90 Å². The van der Waals surface area contributed by atoms with Gasteiger partial charge in [0.25, 0.3) is 0 Å². The van der Waals surface area contributed by atoms with Gasteiger partial charge in [0.05, 0.1) is 6.61 Å². The number of carbonyl (C=O) groups is 1. The number of rotatable bonds is 2. The fourth-order valence-electron chi connectivity index (χ4n) is 8.48. The average Bonchev–Trinajstić information content (AvgIpc) is 3.50. The van der Waals surface area contributed by atoms with Crippen LogP contribution in [0.1, 0.15) is 55.6 Å². The molecule has 2 heterocycles. The second-order valence-electron chi connectivity index (χ2n) is 10.8. The molecule has 7 rings (SSSR count). The van der Waals surface area contributed by atoms with E-state index in [1.54, 1.807) is 0 Å². The van der Waals surface area contributed by atoms with E-state index in [0.717, 1.165) is 36.5 Å². The predicted octanol–water partition coefficient (Wildman–Crippen LogP) is 5.98. The molecule has 8 atom stereocenters. The van der Waals surface area contributed by atoms with Crippen LogP contribution in [0.15, 0.2) is 54.6 Å². The van der Waals surface area contributed by atoms with Gasteiger partial charge in [-0.25, -0.2) is 0 Å². The quantitative estimate of drug-likeness (QED) is 0.566. The van der Waals surface area contributed by atoms with E-state index in [0.29, 0.717) is 35.6 Å². The van der Waals surface area contributed by atoms with Gasteiger partial charge in [-0.1, -0.05) is 66.9 Å². The summed E-state index contributed by atoms with van der Waals surface area (Å²) in [6, 6.07) is 19.5. The van der Waals surface area contributed by atoms with Crippen LogP contribution in [0.25, 0.3) is 0 Å². The highest BCUT2D eigenvalue weighted by molar-refractivity contribution is 6.30. The SMILES string of the molecule is O=C1C2CCCCC2C2(c3ccc(Cl)cc3)OC[C@@H]3[C@H]4C[C@H](C[C@@H]4c4ccccc4)[C@@H]3N12. The topological polar surface area (TPSA) is 29.5 Å². The minimum atomic E-state index is -0.597. The van der Waals surface area contributed by atoms with Gasteiger partial charge in [-0.2, -0.15) is 0 Å². The Morgan fingerprint density at radius 1 is 0.906 bits per heavy atom. The molecule has 32 heavy (non-hydrogen) atoms. The van der Waals surface area contributed by atoms with Gasteiger partial charge in [0.2, 0.25) is 5.91 Å². The summed E-state index contributed by atoms with van der Waals surface area (Å²) in [6.07, 6.45) is 6.87. The molecular formula is C28H30ClNO2. The molecule has 3 unspecified atom stereocenters. The number of carbonyl (C=O) groups excluding carboxylic acids is 1. The molecule has 3 saturated carbocycles. The molecule has 4 heteroatoms. The lowest BCUT2D eigenvalue weighted by atomic mass is 9.71. The third-order valence-electron chi connectivity index (χ3n) is 9.58. The number of ether oxygens (including phenoxy) is 1. The number of amides is 1. The second-order valence-corrected chi connectivity index (χ2v) is 11.2. The largest absolute Gasteiger partial charge is 0.350 e. The molecule has 0 aromatic heterocycles. The third kappa shape index (κ3) is 2.50. The van der Waals surface area contributed by atoms with Gasteiger partial charge in [0, 0.05) is 34.4 Å². The fourth-order valence-corrected chi connectivity index (χ4v) is 8.61. The van der Waals surface area contributed by atoms with Crippen LogP contribution in [0.2, 0.25) is 5.02 Å². The van der Waals surface area contributed by atoms with Gasteiger partial charge >= 0.3 is 0 Å². The van der Waals surface area contributed by atoms with E-state index in [-0.39, 0.29) is 11.8 Å². The Balaban J connectivity index is 1.31. The van der Waals surface area contributed by atoms with Crippen molar-refractivity contribution < 1.29 is 9.53 Å². The maximum Gasteiger partial charge on any atom is 0.228 e. The monoisotopic (exact) mass is 447 g/mol.